The van der Waals surface area contributed by atoms with E-state index in [-0.39, 0.29) is 4.65 Å². The fourth-order valence-electron chi connectivity index (χ4n) is 1.49. The minimum absolute atomic E-state index is 0.0636. The lowest BCUT2D eigenvalue weighted by Gasteiger charge is -2.09. The summed E-state index contributed by atoms with van der Waals surface area (Å²) in [5.41, 5.74) is 1.35. The minimum Gasteiger partial charge on any atom is -0.321 e. The van der Waals surface area contributed by atoms with E-state index in [2.05, 4.69) is 0 Å². The molecule has 0 bridgehead atoms. The third-order valence-electron chi connectivity index (χ3n) is 2.13. The van der Waals surface area contributed by atoms with Crippen LogP contribution in [0.4, 0.5) is 0 Å². The first-order valence-corrected chi connectivity index (χ1v) is 8.27. The first kappa shape index (κ1) is 11.9. The number of benzene rings is 1. The molecule has 0 fully saturated rings. The number of allylic oxidation sites excluding steroid dienone is 2. The monoisotopic (exact) mass is 272 g/mol. The molecule has 2 rings (SSSR count). The highest BCUT2D eigenvalue weighted by molar-refractivity contribution is 8.35. The van der Waals surface area contributed by atoms with Crippen molar-refractivity contribution in [1.82, 2.24) is 0 Å². The number of hydrogen-bond donors (Lipinski definition) is 2. The molecule has 0 spiro atoms. The fraction of sp³-hybridized carbons (Fsp3) is 0. The van der Waals surface area contributed by atoms with Crippen LogP contribution in [0.15, 0.2) is 46.5 Å². The van der Waals surface area contributed by atoms with Gasteiger partial charge in [0.1, 0.15) is 4.65 Å². The van der Waals surface area contributed by atoms with Gasteiger partial charge in [0, 0.05) is 5.57 Å². The second-order valence-corrected chi connectivity index (χ2v) is 7.42. The molecule has 0 aromatic heterocycles. The van der Waals surface area contributed by atoms with Gasteiger partial charge in [0.05, 0.1) is 0 Å². The minimum atomic E-state index is -4.27. The van der Waals surface area contributed by atoms with Crippen LogP contribution in [-0.4, -0.2) is 9.79 Å². The molecular formula is C10H9O3PS2. The molecule has 0 saturated carbocycles. The summed E-state index contributed by atoms with van der Waals surface area (Å²) < 4.78 is 11.4. The van der Waals surface area contributed by atoms with Gasteiger partial charge in [-0.1, -0.05) is 39.8 Å². The van der Waals surface area contributed by atoms with Crippen molar-refractivity contribution in [3.8, 4) is 0 Å². The summed E-state index contributed by atoms with van der Waals surface area (Å²) in [5.74, 6) is 0. The predicted octanol–water partition coefficient (Wildman–Crippen LogP) is 2.14. The summed E-state index contributed by atoms with van der Waals surface area (Å²) in [6.07, 6.45) is 1.69. The molecule has 1 aliphatic rings. The van der Waals surface area contributed by atoms with Crippen molar-refractivity contribution in [2.75, 3.05) is 0 Å². The van der Waals surface area contributed by atoms with Gasteiger partial charge in [-0.2, -0.15) is 0 Å². The summed E-state index contributed by atoms with van der Waals surface area (Å²) >= 11 is 5.04. The summed E-state index contributed by atoms with van der Waals surface area (Å²) in [6, 6.07) is 9.13. The van der Waals surface area contributed by atoms with E-state index in [1.807, 2.05) is 30.3 Å². The Balaban J connectivity index is 2.62. The van der Waals surface area contributed by atoms with Gasteiger partial charge in [0.2, 0.25) is 0 Å². The molecule has 1 aromatic rings. The Bertz CT molecular complexity index is 542. The second kappa shape index (κ2) is 4.35. The fourth-order valence-corrected chi connectivity index (χ4v) is 5.22. The van der Waals surface area contributed by atoms with Gasteiger partial charge in [0.25, 0.3) is 0 Å². The Kier molecular flexibility index (Phi) is 3.24. The van der Waals surface area contributed by atoms with Crippen LogP contribution in [0, 0.1) is 0 Å². The summed E-state index contributed by atoms with van der Waals surface area (Å²) in [6.45, 7) is 0. The topological polar surface area (TPSA) is 57.5 Å². The Hall–Kier alpha value is -0.580. The zero-order valence-corrected chi connectivity index (χ0v) is 10.6. The number of hydrogen-bond acceptors (Lipinski definition) is 2. The predicted molar refractivity (Wildman–Crippen MR) is 69.3 cm³/mol. The highest BCUT2D eigenvalue weighted by Crippen LogP contribution is 2.53. The van der Waals surface area contributed by atoms with Gasteiger partial charge >= 0.3 is 7.60 Å². The third kappa shape index (κ3) is 2.24. The average Bonchev–Trinajstić information content (AvgIpc) is 2.61. The van der Waals surface area contributed by atoms with E-state index in [1.54, 1.807) is 11.5 Å². The molecule has 0 radical (unpaired) electrons. The average molecular weight is 272 g/mol. The molecule has 16 heavy (non-hydrogen) atoms. The SMILES string of the molecule is O=P(O)(O)C1=C(c2ccccc2)C=CS1=S. The van der Waals surface area contributed by atoms with E-state index in [0.29, 0.717) is 5.57 Å². The quantitative estimate of drug-likeness (QED) is 0.810. The normalized spacial score (nSPS) is 20.5. The first-order chi connectivity index (χ1) is 7.50. The van der Waals surface area contributed by atoms with Crippen LogP contribution in [-0.2, 0) is 25.2 Å². The molecule has 1 aliphatic heterocycles. The van der Waals surface area contributed by atoms with Crippen LogP contribution in [0.25, 0.3) is 5.57 Å². The van der Waals surface area contributed by atoms with Gasteiger partial charge in [-0.05, 0) is 28.2 Å². The highest BCUT2D eigenvalue weighted by atomic mass is 32.8. The van der Waals surface area contributed by atoms with Gasteiger partial charge in [-0.3, -0.25) is 4.57 Å². The summed E-state index contributed by atoms with van der Waals surface area (Å²) in [7, 11) is -5.16. The van der Waals surface area contributed by atoms with Gasteiger partial charge in [0.15, 0.2) is 0 Å². The standard InChI is InChI=1S/C10H9O3PS2/c11-14(12,13)10-9(6-7-16(10)15)8-4-2-1-3-5-8/h1-7H,(H2,11,12,13). The molecule has 1 atom stereocenters. The van der Waals surface area contributed by atoms with E-state index in [4.69, 9.17) is 11.2 Å². The maximum Gasteiger partial charge on any atom is 0.363 e. The van der Waals surface area contributed by atoms with E-state index in [0.717, 1.165) is 5.56 Å². The van der Waals surface area contributed by atoms with Crippen LogP contribution in [0.2, 0.25) is 0 Å². The zero-order chi connectivity index (χ0) is 11.8. The van der Waals surface area contributed by atoms with Crippen molar-refractivity contribution in [2.45, 2.75) is 0 Å². The van der Waals surface area contributed by atoms with Crippen molar-refractivity contribution < 1.29 is 14.4 Å². The Morgan fingerprint density at radius 2 is 1.81 bits per heavy atom. The molecule has 0 aliphatic carbocycles. The molecule has 1 unspecified atom stereocenters. The Morgan fingerprint density at radius 1 is 1.19 bits per heavy atom. The van der Waals surface area contributed by atoms with Crippen LogP contribution in [0.3, 0.4) is 0 Å². The Labute approximate surface area is 100 Å². The first-order valence-electron chi connectivity index (χ1n) is 4.45. The van der Waals surface area contributed by atoms with Crippen LogP contribution in [0.5, 0.6) is 0 Å². The molecule has 1 heterocycles. The third-order valence-corrected chi connectivity index (χ3v) is 6.39. The number of rotatable bonds is 2. The van der Waals surface area contributed by atoms with E-state index >= 15 is 0 Å². The van der Waals surface area contributed by atoms with Crippen molar-refractivity contribution in [2.24, 2.45) is 0 Å². The lowest BCUT2D eigenvalue weighted by molar-refractivity contribution is 0.385. The summed E-state index contributed by atoms with van der Waals surface area (Å²) in [4.78, 5) is 18.5. The van der Waals surface area contributed by atoms with Gasteiger partial charge < -0.3 is 9.79 Å². The van der Waals surface area contributed by atoms with Crippen LogP contribution < -0.4 is 0 Å². The highest BCUT2D eigenvalue weighted by Gasteiger charge is 2.30. The van der Waals surface area contributed by atoms with Crippen molar-refractivity contribution >= 4 is 33.8 Å². The largest absolute Gasteiger partial charge is 0.363 e. The van der Waals surface area contributed by atoms with Gasteiger partial charge in [-0.15, -0.1) is 0 Å². The van der Waals surface area contributed by atoms with E-state index < -0.39 is 17.1 Å². The van der Waals surface area contributed by atoms with E-state index in [1.165, 1.54) is 0 Å². The lowest BCUT2D eigenvalue weighted by atomic mass is 10.1. The molecule has 0 amide bonds. The maximum atomic E-state index is 11.4. The Morgan fingerprint density at radius 3 is 2.38 bits per heavy atom. The van der Waals surface area contributed by atoms with Gasteiger partial charge in [-0.25, -0.2) is 0 Å². The molecule has 2 N–H and O–H groups in total. The molecule has 84 valence electrons. The second-order valence-electron chi connectivity index (χ2n) is 3.23. The molecular weight excluding hydrogens is 263 g/mol. The van der Waals surface area contributed by atoms with E-state index in [9.17, 15) is 14.4 Å². The lowest BCUT2D eigenvalue weighted by Crippen LogP contribution is -1.91. The van der Waals surface area contributed by atoms with Crippen molar-refractivity contribution in [3.05, 3.63) is 52.0 Å². The zero-order valence-electron chi connectivity index (χ0n) is 8.11. The molecule has 6 heteroatoms. The van der Waals surface area contributed by atoms with Crippen molar-refractivity contribution in [3.63, 3.8) is 0 Å². The van der Waals surface area contributed by atoms with Crippen LogP contribution >= 0.6 is 7.60 Å². The molecule has 1 aromatic carbocycles. The summed E-state index contributed by atoms with van der Waals surface area (Å²) in [5, 5.41) is 1.66. The smallest absolute Gasteiger partial charge is 0.321 e. The molecule has 0 saturated heterocycles. The van der Waals surface area contributed by atoms with Crippen LogP contribution in [0.1, 0.15) is 5.56 Å². The molecule has 3 nitrogen and oxygen atoms in total. The maximum absolute atomic E-state index is 11.4. The van der Waals surface area contributed by atoms with Crippen molar-refractivity contribution in [1.29, 1.82) is 0 Å².